The molecule has 0 aliphatic heterocycles. The molecule has 5 rings (SSSR count). The molecule has 4 aromatic carbocycles. The van der Waals surface area contributed by atoms with Crippen molar-refractivity contribution in [3.05, 3.63) is 84.1 Å². The number of aromatic nitrogens is 2. The Labute approximate surface area is 239 Å². The van der Waals surface area contributed by atoms with E-state index in [-0.39, 0.29) is 32.3 Å². The van der Waals surface area contributed by atoms with Crippen LogP contribution in [0.5, 0.6) is 0 Å². The van der Waals surface area contributed by atoms with Crippen LogP contribution in [-0.4, -0.2) is 32.4 Å². The minimum atomic E-state index is -0.375. The molecule has 1 radical (unpaired) electrons. The van der Waals surface area contributed by atoms with Gasteiger partial charge in [-0.15, -0.1) is 29.1 Å². The molecule has 5 aromatic rings. The number of aliphatic hydroxyl groups is 2. The Kier molecular flexibility index (Phi) is 10.1. The standard InChI is InChI=1S/C28H25N2.C5H12O2.Ir/c1-17(2)20-10-12-22-24(14-20)25-15-21(18(3)4)11-13-23(25)28-27(22)29-16-26(30-28)19-8-6-5-7-9-19;1-4(6)3-5(2)7;/h5-11,13-18H,1-4H3;4-7H,3H2,1-2H3;/q-1;;. The molecule has 201 valence electrons. The van der Waals surface area contributed by atoms with Crippen molar-refractivity contribution in [2.45, 2.75) is 72.0 Å². The first-order chi connectivity index (χ1) is 17.7. The topological polar surface area (TPSA) is 66.2 Å². The quantitative estimate of drug-likeness (QED) is 0.147. The molecule has 0 aliphatic carbocycles. The van der Waals surface area contributed by atoms with Gasteiger partial charge in [-0.05, 0) is 37.1 Å². The zero-order valence-electron chi connectivity index (χ0n) is 23.0. The molecule has 0 saturated carbocycles. The van der Waals surface area contributed by atoms with Crippen molar-refractivity contribution in [2.75, 3.05) is 0 Å². The maximum absolute atomic E-state index is 8.56. The van der Waals surface area contributed by atoms with Crippen LogP contribution in [0.25, 0.3) is 43.8 Å². The first-order valence-electron chi connectivity index (χ1n) is 13.1. The van der Waals surface area contributed by atoms with E-state index in [4.69, 9.17) is 20.2 Å². The molecule has 0 fully saturated rings. The van der Waals surface area contributed by atoms with Crippen molar-refractivity contribution in [3.8, 4) is 11.3 Å². The molecule has 1 aromatic heterocycles. The number of fused-ring (bicyclic) bond motifs is 6. The molecule has 0 bridgehead atoms. The van der Waals surface area contributed by atoms with Crippen LogP contribution >= 0.6 is 0 Å². The van der Waals surface area contributed by atoms with Crippen molar-refractivity contribution in [1.82, 2.24) is 9.97 Å². The van der Waals surface area contributed by atoms with Gasteiger partial charge >= 0.3 is 0 Å². The average Bonchev–Trinajstić information content (AvgIpc) is 2.88. The van der Waals surface area contributed by atoms with Gasteiger partial charge in [0.15, 0.2) is 0 Å². The van der Waals surface area contributed by atoms with E-state index in [2.05, 4.69) is 76.2 Å². The maximum Gasteiger partial charge on any atom is 0.0873 e. The number of benzene rings is 4. The van der Waals surface area contributed by atoms with Gasteiger partial charge in [0.05, 0.1) is 23.4 Å². The number of rotatable bonds is 5. The SMILES string of the molecule is CC(C)c1c[c-]c2c(c1)c1cc(C(C)C)ccc1c1nc(-c3ccccc3)cnc21.CC(O)CC(C)O.[Ir]. The van der Waals surface area contributed by atoms with Gasteiger partial charge < -0.3 is 15.2 Å². The fraction of sp³-hybridized carbons (Fsp3) is 0.333. The molecule has 0 saturated heterocycles. The summed E-state index contributed by atoms with van der Waals surface area (Å²) in [5.41, 5.74) is 6.48. The number of aliphatic hydroxyl groups excluding tert-OH is 2. The largest absolute Gasteiger partial charge is 0.393 e. The minimum Gasteiger partial charge on any atom is -0.393 e. The van der Waals surface area contributed by atoms with Crippen molar-refractivity contribution in [1.29, 1.82) is 0 Å². The van der Waals surface area contributed by atoms with Gasteiger partial charge in [-0.1, -0.05) is 92.9 Å². The molecule has 0 amide bonds. The number of hydrogen-bond acceptors (Lipinski definition) is 4. The summed E-state index contributed by atoms with van der Waals surface area (Å²) in [6.07, 6.45) is 1.61. The van der Waals surface area contributed by atoms with Crippen LogP contribution in [0.4, 0.5) is 0 Å². The van der Waals surface area contributed by atoms with Gasteiger partial charge in [0.25, 0.3) is 0 Å². The Balaban J connectivity index is 0.000000444. The van der Waals surface area contributed by atoms with E-state index in [1.165, 1.54) is 21.9 Å². The molecule has 2 atom stereocenters. The second kappa shape index (κ2) is 12.9. The summed E-state index contributed by atoms with van der Waals surface area (Å²) < 4.78 is 0. The first kappa shape index (κ1) is 29.9. The molecule has 0 spiro atoms. The van der Waals surface area contributed by atoms with Crippen molar-refractivity contribution in [3.63, 3.8) is 0 Å². The van der Waals surface area contributed by atoms with Crippen LogP contribution in [-0.2, 0) is 20.1 Å². The van der Waals surface area contributed by atoms with Gasteiger partial charge in [0.2, 0.25) is 0 Å². The maximum atomic E-state index is 8.56. The van der Waals surface area contributed by atoms with E-state index < -0.39 is 0 Å². The second-order valence-corrected chi connectivity index (χ2v) is 10.6. The smallest absolute Gasteiger partial charge is 0.0873 e. The van der Waals surface area contributed by atoms with E-state index in [1.54, 1.807) is 13.8 Å². The fourth-order valence-electron chi connectivity index (χ4n) is 4.61. The predicted molar refractivity (Wildman–Crippen MR) is 155 cm³/mol. The van der Waals surface area contributed by atoms with Crippen LogP contribution in [0.15, 0.2) is 66.9 Å². The Morgan fingerprint density at radius 3 is 1.95 bits per heavy atom. The average molecular weight is 686 g/mol. The normalized spacial score (nSPS) is 12.9. The van der Waals surface area contributed by atoms with Crippen LogP contribution < -0.4 is 0 Å². The van der Waals surface area contributed by atoms with Crippen LogP contribution in [0.3, 0.4) is 0 Å². The third kappa shape index (κ3) is 6.65. The first-order valence-corrected chi connectivity index (χ1v) is 13.1. The summed E-state index contributed by atoms with van der Waals surface area (Å²) in [5, 5.41) is 21.8. The van der Waals surface area contributed by atoms with E-state index in [0.717, 1.165) is 33.1 Å². The molecule has 4 nitrogen and oxygen atoms in total. The summed E-state index contributed by atoms with van der Waals surface area (Å²) in [6, 6.07) is 25.0. The van der Waals surface area contributed by atoms with Crippen LogP contribution in [0, 0.1) is 6.07 Å². The van der Waals surface area contributed by atoms with Crippen molar-refractivity contribution < 1.29 is 30.3 Å². The van der Waals surface area contributed by atoms with E-state index in [9.17, 15) is 0 Å². The van der Waals surface area contributed by atoms with Crippen LogP contribution in [0.1, 0.15) is 70.9 Å². The van der Waals surface area contributed by atoms with Gasteiger partial charge in [-0.25, -0.2) is 0 Å². The summed E-state index contributed by atoms with van der Waals surface area (Å²) >= 11 is 0. The van der Waals surface area contributed by atoms with E-state index >= 15 is 0 Å². The third-order valence-electron chi connectivity index (χ3n) is 6.65. The predicted octanol–water partition coefficient (Wildman–Crippen LogP) is 7.79. The Morgan fingerprint density at radius 2 is 1.37 bits per heavy atom. The number of hydrogen-bond donors (Lipinski definition) is 2. The fourth-order valence-corrected chi connectivity index (χ4v) is 4.61. The molecule has 2 N–H and O–H groups in total. The Hall–Kier alpha value is -2.69. The molecule has 0 aliphatic rings. The van der Waals surface area contributed by atoms with Gasteiger partial charge in [0.1, 0.15) is 0 Å². The van der Waals surface area contributed by atoms with Crippen LogP contribution in [0.2, 0.25) is 0 Å². The zero-order valence-corrected chi connectivity index (χ0v) is 25.4. The Bertz CT molecular complexity index is 1510. The van der Waals surface area contributed by atoms with E-state index in [0.29, 0.717) is 18.3 Å². The minimum absolute atomic E-state index is 0. The zero-order chi connectivity index (χ0) is 26.7. The third-order valence-corrected chi connectivity index (χ3v) is 6.65. The van der Waals surface area contributed by atoms with Gasteiger partial charge in [-0.2, -0.15) is 0 Å². The summed E-state index contributed by atoms with van der Waals surface area (Å²) in [4.78, 5) is 9.95. The molecule has 2 unspecified atom stereocenters. The molecular weight excluding hydrogens is 649 g/mol. The second-order valence-electron chi connectivity index (χ2n) is 10.6. The molecule has 5 heteroatoms. The molecule has 1 heterocycles. The van der Waals surface area contributed by atoms with E-state index in [1.807, 2.05) is 24.4 Å². The summed E-state index contributed by atoms with van der Waals surface area (Å²) in [6.45, 7) is 12.2. The van der Waals surface area contributed by atoms with Gasteiger partial charge in [0, 0.05) is 37.4 Å². The molecular formula is C33H37IrN2O2-. The van der Waals surface area contributed by atoms with Crippen molar-refractivity contribution >= 4 is 32.6 Å². The molecule has 38 heavy (non-hydrogen) atoms. The number of nitrogens with zero attached hydrogens (tertiary/aromatic N) is 2. The summed E-state index contributed by atoms with van der Waals surface area (Å²) in [7, 11) is 0. The monoisotopic (exact) mass is 686 g/mol. The van der Waals surface area contributed by atoms with Gasteiger partial charge in [-0.3, -0.25) is 4.98 Å². The Morgan fingerprint density at radius 1 is 0.737 bits per heavy atom. The van der Waals surface area contributed by atoms with Crippen molar-refractivity contribution in [2.24, 2.45) is 0 Å². The summed E-state index contributed by atoms with van der Waals surface area (Å²) in [5.74, 6) is 0.926.